The first-order chi connectivity index (χ1) is 9.84. The lowest BCUT2D eigenvalue weighted by Gasteiger charge is -2.27. The molecule has 5 nitrogen and oxygen atoms in total. The minimum atomic E-state index is -4.00. The van der Waals surface area contributed by atoms with E-state index in [0.717, 1.165) is 17.1 Å². The van der Waals surface area contributed by atoms with Crippen molar-refractivity contribution in [1.29, 1.82) is 0 Å². The molecule has 2 rings (SSSR count). The van der Waals surface area contributed by atoms with Crippen LogP contribution >= 0.6 is 23.2 Å². The molecule has 1 saturated carbocycles. The maximum atomic E-state index is 12.7. The number of sulfonamides is 1. The van der Waals surface area contributed by atoms with Crippen LogP contribution in [0.2, 0.25) is 10.0 Å². The van der Waals surface area contributed by atoms with E-state index in [0.29, 0.717) is 12.8 Å². The molecule has 1 aromatic carbocycles. The van der Waals surface area contributed by atoms with Crippen LogP contribution in [-0.2, 0) is 14.8 Å². The number of carboxylic acid groups (broad SMARTS) is 1. The van der Waals surface area contributed by atoms with E-state index in [9.17, 15) is 13.2 Å². The van der Waals surface area contributed by atoms with Crippen LogP contribution in [0.5, 0.6) is 0 Å². The van der Waals surface area contributed by atoms with Gasteiger partial charge in [0.1, 0.15) is 11.4 Å². The summed E-state index contributed by atoms with van der Waals surface area (Å²) in [4.78, 5) is 10.9. The fourth-order valence-corrected chi connectivity index (χ4v) is 4.92. The van der Waals surface area contributed by atoms with Crippen LogP contribution in [0.1, 0.15) is 25.7 Å². The molecule has 0 saturated heterocycles. The van der Waals surface area contributed by atoms with Gasteiger partial charge in [0.2, 0.25) is 10.0 Å². The monoisotopic (exact) mass is 351 g/mol. The highest BCUT2D eigenvalue weighted by Gasteiger charge is 2.36. The second-order valence-electron chi connectivity index (χ2n) is 4.93. The van der Waals surface area contributed by atoms with Gasteiger partial charge >= 0.3 is 5.97 Å². The average molecular weight is 352 g/mol. The molecule has 1 N–H and O–H groups in total. The molecule has 116 valence electrons. The van der Waals surface area contributed by atoms with Gasteiger partial charge in [-0.25, -0.2) is 8.42 Å². The topological polar surface area (TPSA) is 74.7 Å². The normalized spacial score (nSPS) is 16.5. The zero-order valence-corrected chi connectivity index (χ0v) is 13.5. The zero-order valence-electron chi connectivity index (χ0n) is 11.1. The van der Waals surface area contributed by atoms with E-state index >= 15 is 0 Å². The Morgan fingerprint density at radius 1 is 1.29 bits per heavy atom. The van der Waals surface area contributed by atoms with Crippen LogP contribution in [0.15, 0.2) is 23.1 Å². The fourth-order valence-electron chi connectivity index (χ4n) is 2.55. The summed E-state index contributed by atoms with van der Waals surface area (Å²) >= 11 is 11.8. The second-order valence-corrected chi connectivity index (χ2v) is 7.58. The molecule has 0 amide bonds. The molecular weight excluding hydrogens is 337 g/mol. The van der Waals surface area contributed by atoms with Crippen LogP contribution in [-0.4, -0.2) is 36.4 Å². The average Bonchev–Trinajstić information content (AvgIpc) is 2.92. The van der Waals surface area contributed by atoms with E-state index in [1.165, 1.54) is 18.2 Å². The first-order valence-corrected chi connectivity index (χ1v) is 8.71. The summed E-state index contributed by atoms with van der Waals surface area (Å²) in [5, 5.41) is 9.06. The Bertz CT molecular complexity index is 642. The van der Waals surface area contributed by atoms with Gasteiger partial charge in [-0.15, -0.1) is 0 Å². The summed E-state index contributed by atoms with van der Waals surface area (Å²) in [7, 11) is -4.00. The van der Waals surface area contributed by atoms with E-state index in [1.807, 2.05) is 0 Å². The van der Waals surface area contributed by atoms with E-state index in [1.54, 1.807) is 0 Å². The first kappa shape index (κ1) is 16.5. The predicted molar refractivity (Wildman–Crippen MR) is 80.2 cm³/mol. The third-order valence-electron chi connectivity index (χ3n) is 3.53. The van der Waals surface area contributed by atoms with Crippen molar-refractivity contribution in [2.75, 3.05) is 6.54 Å². The highest BCUT2D eigenvalue weighted by Crippen LogP contribution is 2.34. The number of hydrogen-bond donors (Lipinski definition) is 1. The number of nitrogens with zero attached hydrogens (tertiary/aromatic N) is 1. The standard InChI is InChI=1S/C13H15Cl2NO4S/c14-10-6-3-7-11(13(10)15)21(19,20)16(8-12(17)18)9-4-1-2-5-9/h3,6-7,9H,1-2,4-5,8H2,(H,17,18). The molecule has 1 aliphatic carbocycles. The summed E-state index contributed by atoms with van der Waals surface area (Å²) in [6.07, 6.45) is 3.09. The maximum absolute atomic E-state index is 12.7. The SMILES string of the molecule is O=C(O)CN(C1CCCC1)S(=O)(=O)c1cccc(Cl)c1Cl. The van der Waals surface area contributed by atoms with Crippen LogP contribution in [0.3, 0.4) is 0 Å². The van der Waals surface area contributed by atoms with Gasteiger partial charge in [-0.05, 0) is 25.0 Å². The third-order valence-corrected chi connectivity index (χ3v) is 6.40. The molecule has 0 aliphatic heterocycles. The van der Waals surface area contributed by atoms with Gasteiger partial charge < -0.3 is 5.11 Å². The summed E-state index contributed by atoms with van der Waals surface area (Å²) < 4.78 is 26.5. The third kappa shape index (κ3) is 3.51. The first-order valence-electron chi connectivity index (χ1n) is 6.51. The van der Waals surface area contributed by atoms with Gasteiger partial charge in [-0.2, -0.15) is 4.31 Å². The highest BCUT2D eigenvalue weighted by atomic mass is 35.5. The molecule has 1 aromatic rings. The second kappa shape index (κ2) is 6.52. The Hall–Kier alpha value is -0.820. The van der Waals surface area contributed by atoms with Crippen LogP contribution in [0, 0.1) is 0 Å². The van der Waals surface area contributed by atoms with Crippen molar-refractivity contribution in [2.24, 2.45) is 0 Å². The van der Waals surface area contributed by atoms with Crippen LogP contribution < -0.4 is 0 Å². The summed E-state index contributed by atoms with van der Waals surface area (Å²) in [5.74, 6) is -1.19. The predicted octanol–water partition coefficient (Wildman–Crippen LogP) is 3.01. The van der Waals surface area contributed by atoms with Gasteiger partial charge in [-0.3, -0.25) is 4.79 Å². The van der Waals surface area contributed by atoms with Crippen LogP contribution in [0.4, 0.5) is 0 Å². The molecule has 1 aliphatic rings. The molecule has 8 heteroatoms. The van der Waals surface area contributed by atoms with Crippen molar-refractivity contribution in [3.8, 4) is 0 Å². The molecule has 0 radical (unpaired) electrons. The molecule has 0 unspecified atom stereocenters. The Morgan fingerprint density at radius 2 is 1.90 bits per heavy atom. The summed E-state index contributed by atoms with van der Waals surface area (Å²) in [6.45, 7) is -0.574. The number of hydrogen-bond acceptors (Lipinski definition) is 3. The van der Waals surface area contributed by atoms with Crippen molar-refractivity contribution in [3.05, 3.63) is 28.2 Å². The number of carboxylic acids is 1. The van der Waals surface area contributed by atoms with Gasteiger partial charge in [-0.1, -0.05) is 42.1 Å². The smallest absolute Gasteiger partial charge is 0.318 e. The van der Waals surface area contributed by atoms with Crippen molar-refractivity contribution in [1.82, 2.24) is 4.31 Å². The van der Waals surface area contributed by atoms with E-state index in [4.69, 9.17) is 28.3 Å². The largest absolute Gasteiger partial charge is 0.480 e. The number of aliphatic carboxylic acids is 1. The molecule has 1 fully saturated rings. The molecule has 0 spiro atoms. The Kier molecular flexibility index (Phi) is 5.14. The minimum Gasteiger partial charge on any atom is -0.480 e. The minimum absolute atomic E-state index is 0.0763. The maximum Gasteiger partial charge on any atom is 0.318 e. The molecular formula is C13H15Cl2NO4S. The lowest BCUT2D eigenvalue weighted by molar-refractivity contribution is -0.137. The summed E-state index contributed by atoms with van der Waals surface area (Å²) in [5.41, 5.74) is 0. The molecule has 0 atom stereocenters. The van der Waals surface area contributed by atoms with Crippen molar-refractivity contribution in [3.63, 3.8) is 0 Å². The van der Waals surface area contributed by atoms with Gasteiger partial charge in [0.05, 0.1) is 10.0 Å². The van der Waals surface area contributed by atoms with E-state index in [2.05, 4.69) is 0 Å². The molecule has 21 heavy (non-hydrogen) atoms. The number of benzene rings is 1. The van der Waals surface area contributed by atoms with E-state index < -0.39 is 22.5 Å². The lowest BCUT2D eigenvalue weighted by atomic mass is 10.2. The fraction of sp³-hybridized carbons (Fsp3) is 0.462. The van der Waals surface area contributed by atoms with Gasteiger partial charge in [0.25, 0.3) is 0 Å². The summed E-state index contributed by atoms with van der Waals surface area (Å²) in [6, 6.07) is 4.00. The van der Waals surface area contributed by atoms with Crippen molar-refractivity contribution in [2.45, 2.75) is 36.6 Å². The van der Waals surface area contributed by atoms with Crippen molar-refractivity contribution >= 4 is 39.2 Å². The highest BCUT2D eigenvalue weighted by molar-refractivity contribution is 7.89. The Morgan fingerprint density at radius 3 is 2.48 bits per heavy atom. The molecule has 0 aromatic heterocycles. The lowest BCUT2D eigenvalue weighted by Crippen LogP contribution is -2.42. The van der Waals surface area contributed by atoms with Gasteiger partial charge in [0.15, 0.2) is 0 Å². The van der Waals surface area contributed by atoms with E-state index in [-0.39, 0.29) is 21.0 Å². The number of rotatable bonds is 5. The quantitative estimate of drug-likeness (QED) is 0.884. The number of halogens is 2. The molecule has 0 heterocycles. The molecule has 0 bridgehead atoms. The van der Waals surface area contributed by atoms with Crippen molar-refractivity contribution < 1.29 is 18.3 Å². The Labute approximate surface area is 133 Å². The number of carbonyl (C=O) groups is 1. The zero-order chi connectivity index (χ0) is 15.6. The van der Waals surface area contributed by atoms with Crippen LogP contribution in [0.25, 0.3) is 0 Å². The van der Waals surface area contributed by atoms with Gasteiger partial charge in [0, 0.05) is 6.04 Å². The Balaban J connectivity index is 2.45.